The van der Waals surface area contributed by atoms with Crippen molar-refractivity contribution in [1.29, 1.82) is 0 Å². The van der Waals surface area contributed by atoms with Gasteiger partial charge < -0.3 is 15.0 Å². The van der Waals surface area contributed by atoms with Gasteiger partial charge in [0.15, 0.2) is 0 Å². The molecule has 0 bridgehead atoms. The molecule has 6 heteroatoms. The average molecular weight is 363 g/mol. The minimum absolute atomic E-state index is 0.581. The number of rotatable bonds is 6. The van der Waals surface area contributed by atoms with Crippen LogP contribution in [0, 0.1) is 5.92 Å². The third-order valence-corrected chi connectivity index (χ3v) is 5.17. The lowest BCUT2D eigenvalue weighted by molar-refractivity contribution is 0.306. The lowest BCUT2D eigenvalue weighted by Gasteiger charge is -2.17. The molecular weight excluding hydrogens is 338 g/mol. The fourth-order valence-corrected chi connectivity index (χ4v) is 3.74. The third-order valence-electron chi connectivity index (χ3n) is 5.17. The molecule has 1 aromatic carbocycles. The summed E-state index contributed by atoms with van der Waals surface area (Å²) in [6.07, 6.45) is 8.04. The van der Waals surface area contributed by atoms with E-state index in [0.29, 0.717) is 11.7 Å². The van der Waals surface area contributed by atoms with Crippen molar-refractivity contribution in [2.45, 2.75) is 19.4 Å². The van der Waals surface area contributed by atoms with Gasteiger partial charge in [0, 0.05) is 30.8 Å². The van der Waals surface area contributed by atoms with Gasteiger partial charge in [0.2, 0.25) is 0 Å². The summed E-state index contributed by atoms with van der Waals surface area (Å²) >= 11 is 0. The Bertz CT molecular complexity index is 872. The van der Waals surface area contributed by atoms with Crippen LogP contribution in [-0.2, 0) is 13.0 Å². The smallest absolute Gasteiger partial charge is 0.127 e. The average Bonchev–Trinajstić information content (AvgIpc) is 3.34. The Labute approximate surface area is 159 Å². The van der Waals surface area contributed by atoms with E-state index in [1.807, 2.05) is 36.8 Å². The molecule has 3 aromatic rings. The highest BCUT2D eigenvalue weighted by Crippen LogP contribution is 2.23. The second kappa shape index (κ2) is 7.80. The first-order chi connectivity index (χ1) is 13.2. The van der Waals surface area contributed by atoms with Gasteiger partial charge in [0.25, 0.3) is 0 Å². The second-order valence-corrected chi connectivity index (χ2v) is 7.10. The van der Waals surface area contributed by atoms with E-state index in [1.165, 1.54) is 12.0 Å². The van der Waals surface area contributed by atoms with E-state index in [9.17, 15) is 0 Å². The maximum Gasteiger partial charge on any atom is 0.127 e. The SMILES string of the molecule is COc1ccc(-n2ccnc2CN2CCC(Cc3ccc(N)nc3)C2)cc1. The number of anilines is 1. The Kier molecular flexibility index (Phi) is 5.07. The first-order valence-electron chi connectivity index (χ1n) is 9.30. The van der Waals surface area contributed by atoms with Crippen LogP contribution in [0.1, 0.15) is 17.8 Å². The maximum atomic E-state index is 5.68. The van der Waals surface area contributed by atoms with Crippen molar-refractivity contribution in [1.82, 2.24) is 19.4 Å². The fraction of sp³-hybridized carbons (Fsp3) is 0.333. The molecule has 4 rings (SSSR count). The van der Waals surface area contributed by atoms with Crippen molar-refractivity contribution in [2.75, 3.05) is 25.9 Å². The zero-order chi connectivity index (χ0) is 18.6. The van der Waals surface area contributed by atoms with Crippen molar-refractivity contribution < 1.29 is 4.74 Å². The van der Waals surface area contributed by atoms with Gasteiger partial charge >= 0.3 is 0 Å². The number of nitrogen functional groups attached to an aromatic ring is 1. The Morgan fingerprint density at radius 3 is 2.74 bits per heavy atom. The summed E-state index contributed by atoms with van der Waals surface area (Å²) in [5.41, 5.74) is 8.04. The van der Waals surface area contributed by atoms with E-state index in [2.05, 4.69) is 37.6 Å². The number of likely N-dealkylation sites (tertiary alicyclic amines) is 1. The summed E-state index contributed by atoms with van der Waals surface area (Å²) in [7, 11) is 1.68. The highest BCUT2D eigenvalue weighted by atomic mass is 16.5. The monoisotopic (exact) mass is 363 g/mol. The van der Waals surface area contributed by atoms with E-state index in [0.717, 1.165) is 43.3 Å². The molecular formula is C21H25N5O. The predicted molar refractivity (Wildman–Crippen MR) is 106 cm³/mol. The van der Waals surface area contributed by atoms with Crippen molar-refractivity contribution in [3.8, 4) is 11.4 Å². The Morgan fingerprint density at radius 1 is 1.15 bits per heavy atom. The van der Waals surface area contributed by atoms with Gasteiger partial charge in [-0.25, -0.2) is 9.97 Å². The Morgan fingerprint density at radius 2 is 2.00 bits per heavy atom. The summed E-state index contributed by atoms with van der Waals surface area (Å²) in [5.74, 6) is 3.16. The molecule has 0 saturated carbocycles. The second-order valence-electron chi connectivity index (χ2n) is 7.10. The minimum atomic E-state index is 0.581. The molecule has 1 fully saturated rings. The molecule has 1 aliphatic heterocycles. The van der Waals surface area contributed by atoms with E-state index < -0.39 is 0 Å². The summed E-state index contributed by atoms with van der Waals surface area (Å²) in [5, 5.41) is 0. The summed E-state index contributed by atoms with van der Waals surface area (Å²) in [6.45, 7) is 3.04. The maximum absolute atomic E-state index is 5.68. The van der Waals surface area contributed by atoms with E-state index in [-0.39, 0.29) is 0 Å². The lowest BCUT2D eigenvalue weighted by atomic mass is 10.00. The highest BCUT2D eigenvalue weighted by Gasteiger charge is 2.24. The first-order valence-corrected chi connectivity index (χ1v) is 9.30. The van der Waals surface area contributed by atoms with Crippen molar-refractivity contribution in [2.24, 2.45) is 5.92 Å². The molecule has 140 valence electrons. The molecule has 6 nitrogen and oxygen atoms in total. The minimum Gasteiger partial charge on any atom is -0.497 e. The van der Waals surface area contributed by atoms with Crippen LogP contribution in [0.4, 0.5) is 5.82 Å². The molecule has 3 heterocycles. The summed E-state index contributed by atoms with van der Waals surface area (Å²) in [4.78, 5) is 11.3. The van der Waals surface area contributed by atoms with Crippen LogP contribution in [0.25, 0.3) is 5.69 Å². The number of nitrogens with two attached hydrogens (primary N) is 1. The van der Waals surface area contributed by atoms with Gasteiger partial charge in [-0.05, 0) is 61.2 Å². The van der Waals surface area contributed by atoms with Crippen LogP contribution < -0.4 is 10.5 Å². The van der Waals surface area contributed by atoms with Gasteiger partial charge in [0.05, 0.1) is 13.7 Å². The van der Waals surface area contributed by atoms with Crippen LogP contribution >= 0.6 is 0 Å². The number of imidazole rings is 1. The lowest BCUT2D eigenvalue weighted by Crippen LogP contribution is -2.22. The van der Waals surface area contributed by atoms with Crippen molar-refractivity contribution in [3.05, 3.63) is 66.4 Å². The molecule has 1 atom stereocenters. The molecule has 0 aliphatic carbocycles. The zero-order valence-corrected chi connectivity index (χ0v) is 15.6. The number of benzene rings is 1. The van der Waals surface area contributed by atoms with Crippen molar-refractivity contribution in [3.63, 3.8) is 0 Å². The van der Waals surface area contributed by atoms with Gasteiger partial charge in [-0.3, -0.25) is 4.90 Å². The fourth-order valence-electron chi connectivity index (χ4n) is 3.74. The van der Waals surface area contributed by atoms with Gasteiger partial charge in [-0.2, -0.15) is 0 Å². The number of ether oxygens (including phenoxy) is 1. The molecule has 1 saturated heterocycles. The normalized spacial score (nSPS) is 17.3. The molecule has 0 amide bonds. The van der Waals surface area contributed by atoms with Gasteiger partial charge in [-0.15, -0.1) is 0 Å². The molecule has 0 spiro atoms. The molecule has 1 aliphatic rings. The summed E-state index contributed by atoms with van der Waals surface area (Å²) < 4.78 is 7.40. The quantitative estimate of drug-likeness (QED) is 0.729. The molecule has 2 aromatic heterocycles. The standard InChI is InChI=1S/C21H25N5O/c1-27-19-5-3-18(4-6-19)26-11-9-23-21(26)15-25-10-8-17(14-25)12-16-2-7-20(22)24-13-16/h2-7,9,11,13,17H,8,10,12,14-15H2,1H3,(H2,22,24). The van der Waals surface area contributed by atoms with Crippen LogP contribution in [0.2, 0.25) is 0 Å². The van der Waals surface area contributed by atoms with Crippen LogP contribution in [-0.4, -0.2) is 39.6 Å². The van der Waals surface area contributed by atoms with Crippen LogP contribution in [0.3, 0.4) is 0 Å². The number of nitrogens with zero attached hydrogens (tertiary/aromatic N) is 4. The number of pyridine rings is 1. The molecule has 1 unspecified atom stereocenters. The molecule has 0 radical (unpaired) electrons. The van der Waals surface area contributed by atoms with Crippen molar-refractivity contribution >= 4 is 5.82 Å². The zero-order valence-electron chi connectivity index (χ0n) is 15.6. The van der Waals surface area contributed by atoms with Gasteiger partial charge in [0.1, 0.15) is 17.4 Å². The van der Waals surface area contributed by atoms with E-state index in [1.54, 1.807) is 7.11 Å². The number of aromatic nitrogens is 3. The first kappa shape index (κ1) is 17.5. The van der Waals surface area contributed by atoms with Crippen LogP contribution in [0.5, 0.6) is 5.75 Å². The Balaban J connectivity index is 1.39. The number of hydrogen-bond donors (Lipinski definition) is 1. The van der Waals surface area contributed by atoms with E-state index >= 15 is 0 Å². The van der Waals surface area contributed by atoms with Gasteiger partial charge in [-0.1, -0.05) is 6.07 Å². The summed E-state index contributed by atoms with van der Waals surface area (Å²) in [6, 6.07) is 12.0. The third kappa shape index (κ3) is 4.11. The topological polar surface area (TPSA) is 69.2 Å². The van der Waals surface area contributed by atoms with E-state index in [4.69, 9.17) is 10.5 Å². The Hall–Kier alpha value is -2.86. The predicted octanol–water partition coefficient (Wildman–Crippen LogP) is 2.92. The number of methoxy groups -OCH3 is 1. The molecule has 2 N–H and O–H groups in total. The molecule has 27 heavy (non-hydrogen) atoms. The largest absolute Gasteiger partial charge is 0.497 e. The number of hydrogen-bond acceptors (Lipinski definition) is 5. The highest BCUT2D eigenvalue weighted by molar-refractivity contribution is 5.38. The van der Waals surface area contributed by atoms with Crippen LogP contribution in [0.15, 0.2) is 55.0 Å².